The number of aliphatic hydroxyl groups excluding tert-OH is 1. The molecule has 1 heterocycles. The third-order valence-electron chi connectivity index (χ3n) is 3.06. The number of piperidine rings is 1. The third kappa shape index (κ3) is 5.54. The summed E-state index contributed by atoms with van der Waals surface area (Å²) in [5, 5.41) is 9.69. The smallest absolute Gasteiger partial charge is 0.389 e. The van der Waals surface area contributed by atoms with E-state index in [0.717, 1.165) is 0 Å². The number of likely N-dealkylation sites (tertiary alicyclic amines) is 1. The number of alkyl halides is 3. The predicted octanol–water partition coefficient (Wildman–Crippen LogP) is 2.05. The van der Waals surface area contributed by atoms with Crippen molar-refractivity contribution >= 4 is 0 Å². The number of rotatable bonds is 5. The van der Waals surface area contributed by atoms with Gasteiger partial charge in [0, 0.05) is 13.1 Å². The van der Waals surface area contributed by atoms with E-state index in [4.69, 9.17) is 4.74 Å². The first-order valence-corrected chi connectivity index (χ1v) is 6.37. The average Bonchev–Trinajstić information content (AvgIpc) is 2.25. The van der Waals surface area contributed by atoms with Crippen molar-refractivity contribution in [3.8, 4) is 0 Å². The van der Waals surface area contributed by atoms with Crippen LogP contribution in [0.4, 0.5) is 13.2 Å². The Hall–Kier alpha value is -0.330. The van der Waals surface area contributed by atoms with Crippen LogP contribution >= 0.6 is 0 Å². The number of halogens is 3. The highest BCUT2D eigenvalue weighted by Crippen LogP contribution is 2.33. The van der Waals surface area contributed by atoms with Gasteiger partial charge in [-0.3, -0.25) is 0 Å². The number of hydrogen-bond donors (Lipinski definition) is 1. The van der Waals surface area contributed by atoms with Crippen LogP contribution in [-0.2, 0) is 4.74 Å². The zero-order valence-electron chi connectivity index (χ0n) is 10.9. The lowest BCUT2D eigenvalue weighted by Gasteiger charge is -2.34. The predicted molar refractivity (Wildman–Crippen MR) is 62.3 cm³/mol. The van der Waals surface area contributed by atoms with Gasteiger partial charge in [-0.1, -0.05) is 0 Å². The van der Waals surface area contributed by atoms with Crippen LogP contribution in [0.5, 0.6) is 0 Å². The van der Waals surface area contributed by atoms with Crippen molar-refractivity contribution in [3.63, 3.8) is 0 Å². The summed E-state index contributed by atoms with van der Waals surface area (Å²) in [4.78, 5) is 1.68. The standard InChI is InChI=1S/C12H22F3NO2/c1-9(2)18-8-11(17)7-16-5-3-4-10(6-16)12(13,14)15/h9-11,17H,3-8H2,1-2H3/t10-,11+/m0/s1. The van der Waals surface area contributed by atoms with Gasteiger partial charge < -0.3 is 14.7 Å². The van der Waals surface area contributed by atoms with E-state index < -0.39 is 18.2 Å². The van der Waals surface area contributed by atoms with E-state index in [1.807, 2.05) is 13.8 Å². The Bertz CT molecular complexity index is 246. The van der Waals surface area contributed by atoms with Gasteiger partial charge in [0.25, 0.3) is 0 Å². The normalized spacial score (nSPS) is 24.5. The molecular weight excluding hydrogens is 247 g/mol. The summed E-state index contributed by atoms with van der Waals surface area (Å²) in [7, 11) is 0. The second-order valence-electron chi connectivity index (χ2n) is 5.18. The first-order chi connectivity index (χ1) is 8.29. The second kappa shape index (κ2) is 6.73. The fraction of sp³-hybridized carbons (Fsp3) is 1.00. The van der Waals surface area contributed by atoms with Crippen molar-refractivity contribution in [2.75, 3.05) is 26.2 Å². The fourth-order valence-corrected chi connectivity index (χ4v) is 2.14. The van der Waals surface area contributed by atoms with Crippen LogP contribution in [0.1, 0.15) is 26.7 Å². The highest BCUT2D eigenvalue weighted by atomic mass is 19.4. The molecule has 0 saturated carbocycles. The van der Waals surface area contributed by atoms with Crippen molar-refractivity contribution in [1.29, 1.82) is 0 Å². The van der Waals surface area contributed by atoms with E-state index >= 15 is 0 Å². The summed E-state index contributed by atoms with van der Waals surface area (Å²) < 4.78 is 43.0. The van der Waals surface area contributed by atoms with E-state index in [1.54, 1.807) is 4.90 Å². The van der Waals surface area contributed by atoms with E-state index in [0.29, 0.717) is 13.0 Å². The van der Waals surface area contributed by atoms with Crippen molar-refractivity contribution in [1.82, 2.24) is 4.90 Å². The maximum Gasteiger partial charge on any atom is 0.393 e. The van der Waals surface area contributed by atoms with Crippen LogP contribution in [0.2, 0.25) is 0 Å². The summed E-state index contributed by atoms with van der Waals surface area (Å²) >= 11 is 0. The summed E-state index contributed by atoms with van der Waals surface area (Å²) in [5.74, 6) is -1.26. The topological polar surface area (TPSA) is 32.7 Å². The molecule has 0 unspecified atom stereocenters. The number of hydrogen-bond acceptors (Lipinski definition) is 3. The van der Waals surface area contributed by atoms with Crippen molar-refractivity contribution < 1.29 is 23.0 Å². The zero-order valence-corrected chi connectivity index (χ0v) is 10.9. The van der Waals surface area contributed by atoms with Gasteiger partial charge in [-0.2, -0.15) is 13.2 Å². The largest absolute Gasteiger partial charge is 0.393 e. The van der Waals surface area contributed by atoms with Crippen LogP contribution in [0.15, 0.2) is 0 Å². The maximum atomic E-state index is 12.6. The molecule has 0 aromatic rings. The highest BCUT2D eigenvalue weighted by molar-refractivity contribution is 4.79. The maximum absolute atomic E-state index is 12.6. The van der Waals surface area contributed by atoms with Crippen molar-refractivity contribution in [2.45, 2.75) is 45.1 Å². The lowest BCUT2D eigenvalue weighted by Crippen LogP contribution is -2.45. The SMILES string of the molecule is CC(C)OC[C@H](O)CN1CCC[C@H](C(F)(F)F)C1. The molecular formula is C12H22F3NO2. The van der Waals surface area contributed by atoms with Gasteiger partial charge in [0.15, 0.2) is 0 Å². The Balaban J connectivity index is 2.33. The molecule has 1 N–H and O–H groups in total. The van der Waals surface area contributed by atoms with Crippen LogP contribution in [0.25, 0.3) is 0 Å². The zero-order chi connectivity index (χ0) is 13.8. The van der Waals surface area contributed by atoms with Gasteiger partial charge in [0.1, 0.15) is 0 Å². The van der Waals surface area contributed by atoms with Crippen LogP contribution in [0.3, 0.4) is 0 Å². The second-order valence-corrected chi connectivity index (χ2v) is 5.18. The van der Waals surface area contributed by atoms with Crippen molar-refractivity contribution in [3.05, 3.63) is 0 Å². The Morgan fingerprint density at radius 3 is 2.61 bits per heavy atom. The molecule has 0 aromatic carbocycles. The molecule has 2 atom stereocenters. The molecule has 1 aliphatic rings. The van der Waals surface area contributed by atoms with E-state index in [9.17, 15) is 18.3 Å². The molecule has 1 rings (SSSR count). The van der Waals surface area contributed by atoms with Gasteiger partial charge in [-0.15, -0.1) is 0 Å². The molecule has 1 aliphatic heterocycles. The molecule has 3 nitrogen and oxygen atoms in total. The number of aliphatic hydroxyl groups is 1. The Kier molecular flexibility index (Phi) is 5.88. The van der Waals surface area contributed by atoms with E-state index in [2.05, 4.69) is 0 Å². The average molecular weight is 269 g/mol. The van der Waals surface area contributed by atoms with Gasteiger partial charge in [0.05, 0.1) is 24.7 Å². The Morgan fingerprint density at radius 1 is 1.39 bits per heavy atom. The summed E-state index contributed by atoms with van der Waals surface area (Å²) in [6.45, 7) is 4.73. The van der Waals surface area contributed by atoms with Gasteiger partial charge >= 0.3 is 6.18 Å². The molecule has 1 saturated heterocycles. The molecule has 108 valence electrons. The number of nitrogens with zero attached hydrogens (tertiary/aromatic N) is 1. The molecule has 0 aliphatic carbocycles. The van der Waals surface area contributed by atoms with Crippen LogP contribution in [-0.4, -0.2) is 54.6 Å². The Labute approximate surface area is 106 Å². The lowest BCUT2D eigenvalue weighted by molar-refractivity contribution is -0.187. The molecule has 1 fully saturated rings. The molecule has 0 radical (unpaired) electrons. The fourth-order valence-electron chi connectivity index (χ4n) is 2.14. The Morgan fingerprint density at radius 2 is 2.06 bits per heavy atom. The minimum absolute atomic E-state index is 0.0117. The van der Waals surface area contributed by atoms with Gasteiger partial charge in [-0.05, 0) is 33.2 Å². The van der Waals surface area contributed by atoms with Crippen molar-refractivity contribution in [2.24, 2.45) is 5.92 Å². The first kappa shape index (κ1) is 15.7. The van der Waals surface area contributed by atoms with E-state index in [1.165, 1.54) is 0 Å². The van der Waals surface area contributed by atoms with Gasteiger partial charge in [-0.25, -0.2) is 0 Å². The number of ether oxygens (including phenoxy) is 1. The van der Waals surface area contributed by atoms with E-state index in [-0.39, 0.29) is 32.2 Å². The monoisotopic (exact) mass is 269 g/mol. The van der Waals surface area contributed by atoms with Crippen LogP contribution < -0.4 is 0 Å². The molecule has 18 heavy (non-hydrogen) atoms. The summed E-state index contributed by atoms with van der Waals surface area (Å²) in [5.41, 5.74) is 0. The van der Waals surface area contributed by atoms with Gasteiger partial charge in [0.2, 0.25) is 0 Å². The first-order valence-electron chi connectivity index (χ1n) is 6.37. The molecule has 0 aromatic heterocycles. The summed E-state index contributed by atoms with van der Waals surface area (Å²) in [6.07, 6.45) is -4.11. The quantitative estimate of drug-likeness (QED) is 0.829. The minimum Gasteiger partial charge on any atom is -0.389 e. The molecule has 0 bridgehead atoms. The number of β-amino-alcohol motifs (C(OH)–C–C–N with tert-alkyl or cyclic N) is 1. The third-order valence-corrected chi connectivity index (χ3v) is 3.06. The molecule has 6 heteroatoms. The highest BCUT2D eigenvalue weighted by Gasteiger charge is 2.41. The van der Waals surface area contributed by atoms with Crippen LogP contribution in [0, 0.1) is 5.92 Å². The molecule has 0 amide bonds. The minimum atomic E-state index is -4.13. The molecule has 0 spiro atoms. The lowest BCUT2D eigenvalue weighted by atomic mass is 9.97. The summed E-state index contributed by atoms with van der Waals surface area (Å²) in [6, 6.07) is 0.